The maximum absolute atomic E-state index is 14.2. The van der Waals surface area contributed by atoms with Crippen LogP contribution in [-0.4, -0.2) is 38.4 Å². The predicted octanol–water partition coefficient (Wildman–Crippen LogP) is 6.54. The number of furan rings is 1. The predicted molar refractivity (Wildman–Crippen MR) is 138 cm³/mol. The molecule has 6 aromatic rings. The number of H-pyrrole nitrogens is 1. The molecule has 3 aromatic heterocycles. The minimum absolute atomic E-state index is 0.122. The zero-order chi connectivity index (χ0) is 24.8. The van der Waals surface area contributed by atoms with Gasteiger partial charge in [0, 0.05) is 40.6 Å². The molecule has 0 aliphatic carbocycles. The number of fused-ring (bicyclic) bond motifs is 2. The Morgan fingerprint density at radius 1 is 1.00 bits per heavy atom. The van der Waals surface area contributed by atoms with Crippen molar-refractivity contribution in [2.24, 2.45) is 0 Å². The first-order valence-electron chi connectivity index (χ1n) is 12.5. The van der Waals surface area contributed by atoms with Gasteiger partial charge < -0.3 is 8.83 Å². The van der Waals surface area contributed by atoms with Crippen LogP contribution in [0.15, 0.2) is 81.8 Å². The van der Waals surface area contributed by atoms with Gasteiger partial charge in [-0.25, -0.2) is 4.39 Å². The SMILES string of the molecule is Fc1ccccc1CN1CCC[C@@H](c2nnc(-c3ccc4[nH]nc(-c5ccc6occc6c5)c4c3)o2)C1. The van der Waals surface area contributed by atoms with Crippen molar-refractivity contribution in [3.05, 3.63) is 90.3 Å². The Morgan fingerprint density at radius 2 is 1.92 bits per heavy atom. The maximum atomic E-state index is 14.2. The van der Waals surface area contributed by atoms with Crippen molar-refractivity contribution < 1.29 is 13.2 Å². The van der Waals surface area contributed by atoms with Crippen LogP contribution in [0.25, 0.3) is 44.6 Å². The molecule has 8 heteroatoms. The molecule has 0 unspecified atom stereocenters. The van der Waals surface area contributed by atoms with Gasteiger partial charge in [-0.1, -0.05) is 18.2 Å². The van der Waals surface area contributed by atoms with Gasteiger partial charge in [0.2, 0.25) is 11.8 Å². The van der Waals surface area contributed by atoms with E-state index in [1.165, 1.54) is 6.07 Å². The minimum Gasteiger partial charge on any atom is -0.464 e. The van der Waals surface area contributed by atoms with Crippen LogP contribution in [0.5, 0.6) is 0 Å². The molecular weight excluding hydrogens is 469 g/mol. The van der Waals surface area contributed by atoms with E-state index in [0.717, 1.165) is 64.6 Å². The standard InChI is InChI=1S/C29H24FN5O2/c30-24-6-2-1-4-21(24)16-35-12-3-5-22(17-35)29-34-33-28(37-29)20-7-9-25-23(15-20)27(32-31-25)19-8-10-26-18(14-19)11-13-36-26/h1-2,4,6-11,13-15,22H,3,5,12,16-17H2,(H,31,32)/t22-/m1/s1. The highest BCUT2D eigenvalue weighted by Crippen LogP contribution is 2.33. The van der Waals surface area contributed by atoms with E-state index < -0.39 is 0 Å². The Kier molecular flexibility index (Phi) is 5.32. The number of nitrogens with zero attached hydrogens (tertiary/aromatic N) is 4. The largest absolute Gasteiger partial charge is 0.464 e. The van der Waals surface area contributed by atoms with Gasteiger partial charge in [0.1, 0.15) is 11.4 Å². The fourth-order valence-corrected chi connectivity index (χ4v) is 5.27. The summed E-state index contributed by atoms with van der Waals surface area (Å²) >= 11 is 0. The number of aromatic amines is 1. The van der Waals surface area contributed by atoms with E-state index in [-0.39, 0.29) is 11.7 Å². The van der Waals surface area contributed by atoms with Crippen molar-refractivity contribution in [1.82, 2.24) is 25.3 Å². The lowest BCUT2D eigenvalue weighted by Gasteiger charge is -2.31. The van der Waals surface area contributed by atoms with E-state index in [1.807, 2.05) is 48.5 Å². The van der Waals surface area contributed by atoms with Crippen molar-refractivity contribution in [3.8, 4) is 22.7 Å². The molecule has 4 heterocycles. The third kappa shape index (κ3) is 4.09. The number of halogens is 1. The molecule has 7 rings (SSSR count). The van der Waals surface area contributed by atoms with Crippen LogP contribution in [-0.2, 0) is 6.54 Å². The summed E-state index contributed by atoms with van der Waals surface area (Å²) < 4.78 is 25.8. The van der Waals surface area contributed by atoms with Gasteiger partial charge >= 0.3 is 0 Å². The van der Waals surface area contributed by atoms with Crippen molar-refractivity contribution in [2.75, 3.05) is 13.1 Å². The molecule has 1 aliphatic rings. The fourth-order valence-electron chi connectivity index (χ4n) is 5.27. The molecule has 37 heavy (non-hydrogen) atoms. The summed E-state index contributed by atoms with van der Waals surface area (Å²) in [6, 6.07) is 20.9. The van der Waals surface area contributed by atoms with Gasteiger partial charge in [-0.05, 0) is 67.9 Å². The molecule has 0 radical (unpaired) electrons. The Balaban J connectivity index is 1.14. The molecule has 1 saturated heterocycles. The van der Waals surface area contributed by atoms with Gasteiger partial charge in [0.15, 0.2) is 0 Å². The molecule has 0 saturated carbocycles. The summed E-state index contributed by atoms with van der Waals surface area (Å²) in [5.41, 5.74) is 5.19. The molecule has 1 fully saturated rings. The van der Waals surface area contributed by atoms with Crippen LogP contribution in [0, 0.1) is 5.82 Å². The van der Waals surface area contributed by atoms with E-state index in [1.54, 1.807) is 12.3 Å². The van der Waals surface area contributed by atoms with Crippen LogP contribution in [0.3, 0.4) is 0 Å². The monoisotopic (exact) mass is 493 g/mol. The third-order valence-corrected chi connectivity index (χ3v) is 7.18. The summed E-state index contributed by atoms with van der Waals surface area (Å²) in [4.78, 5) is 2.26. The van der Waals surface area contributed by atoms with Crippen LogP contribution in [0.4, 0.5) is 4.39 Å². The Morgan fingerprint density at radius 3 is 2.86 bits per heavy atom. The topological polar surface area (TPSA) is 84.0 Å². The lowest BCUT2D eigenvalue weighted by molar-refractivity contribution is 0.184. The van der Waals surface area contributed by atoms with Gasteiger partial charge in [-0.15, -0.1) is 10.2 Å². The molecule has 0 amide bonds. The smallest absolute Gasteiger partial charge is 0.247 e. The highest BCUT2D eigenvalue weighted by molar-refractivity contribution is 5.97. The lowest BCUT2D eigenvalue weighted by atomic mass is 9.97. The molecule has 0 bridgehead atoms. The lowest BCUT2D eigenvalue weighted by Crippen LogP contribution is -2.34. The molecule has 0 spiro atoms. The second kappa shape index (κ2) is 8.97. The second-order valence-corrected chi connectivity index (χ2v) is 9.62. The zero-order valence-electron chi connectivity index (χ0n) is 20.0. The molecule has 184 valence electrons. The average Bonchev–Trinajstić information content (AvgIpc) is 3.69. The van der Waals surface area contributed by atoms with Crippen molar-refractivity contribution >= 4 is 21.9 Å². The summed E-state index contributed by atoms with van der Waals surface area (Å²) in [6.07, 6.45) is 3.66. The number of aromatic nitrogens is 4. The Bertz CT molecular complexity index is 1720. The van der Waals surface area contributed by atoms with E-state index in [9.17, 15) is 4.39 Å². The second-order valence-electron chi connectivity index (χ2n) is 9.62. The first kappa shape index (κ1) is 21.9. The van der Waals surface area contributed by atoms with E-state index in [2.05, 4.69) is 31.4 Å². The van der Waals surface area contributed by atoms with Crippen LogP contribution >= 0.6 is 0 Å². The summed E-state index contributed by atoms with van der Waals surface area (Å²) in [6.45, 7) is 2.27. The number of hydrogen-bond acceptors (Lipinski definition) is 6. The van der Waals surface area contributed by atoms with E-state index in [4.69, 9.17) is 8.83 Å². The molecule has 1 atom stereocenters. The minimum atomic E-state index is -0.164. The quantitative estimate of drug-likeness (QED) is 0.293. The summed E-state index contributed by atoms with van der Waals surface area (Å²) in [7, 11) is 0. The first-order valence-corrected chi connectivity index (χ1v) is 12.5. The zero-order valence-corrected chi connectivity index (χ0v) is 20.0. The molecule has 1 N–H and O–H groups in total. The van der Waals surface area contributed by atoms with Crippen molar-refractivity contribution in [3.63, 3.8) is 0 Å². The Labute approximate surface area is 211 Å². The van der Waals surface area contributed by atoms with Gasteiger partial charge in [-0.3, -0.25) is 10.00 Å². The first-order chi connectivity index (χ1) is 18.2. The van der Waals surface area contributed by atoms with Gasteiger partial charge in [0.25, 0.3) is 0 Å². The number of benzene rings is 3. The van der Waals surface area contributed by atoms with Crippen molar-refractivity contribution in [2.45, 2.75) is 25.3 Å². The fraction of sp³-hybridized carbons (Fsp3) is 0.207. The molecular formula is C29H24FN5O2. The Hall–Kier alpha value is -4.30. The average molecular weight is 494 g/mol. The molecule has 7 nitrogen and oxygen atoms in total. The van der Waals surface area contributed by atoms with Crippen LogP contribution in [0.2, 0.25) is 0 Å². The van der Waals surface area contributed by atoms with Gasteiger partial charge in [-0.2, -0.15) is 5.10 Å². The van der Waals surface area contributed by atoms with Crippen molar-refractivity contribution in [1.29, 1.82) is 0 Å². The van der Waals surface area contributed by atoms with Gasteiger partial charge in [0.05, 0.1) is 23.4 Å². The number of likely N-dealkylation sites (tertiary alicyclic amines) is 1. The highest BCUT2D eigenvalue weighted by Gasteiger charge is 2.26. The summed E-state index contributed by atoms with van der Waals surface area (Å²) in [5, 5.41) is 18.5. The highest BCUT2D eigenvalue weighted by atomic mass is 19.1. The van der Waals surface area contributed by atoms with Crippen LogP contribution < -0.4 is 0 Å². The van der Waals surface area contributed by atoms with E-state index in [0.29, 0.717) is 23.9 Å². The van der Waals surface area contributed by atoms with Crippen LogP contribution in [0.1, 0.15) is 30.2 Å². The molecule has 1 aliphatic heterocycles. The number of piperidine rings is 1. The molecule has 3 aromatic carbocycles. The normalized spacial score (nSPS) is 16.6. The summed E-state index contributed by atoms with van der Waals surface area (Å²) in [5.74, 6) is 1.08. The third-order valence-electron chi connectivity index (χ3n) is 7.18. The van der Waals surface area contributed by atoms with E-state index >= 15 is 0 Å². The number of nitrogens with one attached hydrogen (secondary N) is 1. The number of hydrogen-bond donors (Lipinski definition) is 1. The number of rotatable bonds is 5. The maximum Gasteiger partial charge on any atom is 0.247 e.